The lowest BCUT2D eigenvalue weighted by molar-refractivity contribution is 0.222. The molecule has 0 aromatic heterocycles. The Morgan fingerprint density at radius 2 is 1.71 bits per heavy atom. The van der Waals surface area contributed by atoms with E-state index >= 15 is 0 Å². The smallest absolute Gasteiger partial charge is 0.0367 e. The van der Waals surface area contributed by atoms with E-state index in [1.54, 1.807) is 0 Å². The molecule has 1 heterocycles. The lowest BCUT2D eigenvalue weighted by Crippen LogP contribution is -2.47. The van der Waals surface area contributed by atoms with Crippen molar-refractivity contribution in [2.75, 3.05) is 37.6 Å². The Bertz CT molecular complexity index is 315. The average Bonchev–Trinajstić information content (AvgIpc) is 2.40. The number of rotatable bonds is 4. The van der Waals surface area contributed by atoms with Gasteiger partial charge in [0.05, 0.1) is 0 Å². The maximum atomic E-state index is 2.60. The zero-order valence-electron chi connectivity index (χ0n) is 11.1. The molecule has 0 N–H and O–H groups in total. The second kappa shape index (κ2) is 6.06. The van der Waals surface area contributed by atoms with Crippen LogP contribution in [0, 0.1) is 5.92 Å². The van der Waals surface area contributed by atoms with Crippen molar-refractivity contribution in [2.45, 2.75) is 20.3 Å². The Hall–Kier alpha value is -1.02. The monoisotopic (exact) mass is 232 g/mol. The van der Waals surface area contributed by atoms with Crippen molar-refractivity contribution in [2.24, 2.45) is 5.92 Å². The summed E-state index contributed by atoms with van der Waals surface area (Å²) >= 11 is 0. The Morgan fingerprint density at radius 1 is 1.06 bits per heavy atom. The average molecular weight is 232 g/mol. The third-order valence-electron chi connectivity index (χ3n) is 3.76. The highest BCUT2D eigenvalue weighted by Crippen LogP contribution is 2.16. The van der Waals surface area contributed by atoms with E-state index in [4.69, 9.17) is 0 Å². The number of para-hydroxylation sites is 1. The summed E-state index contributed by atoms with van der Waals surface area (Å²) in [4.78, 5) is 5.10. The molecule has 1 aliphatic heterocycles. The highest BCUT2D eigenvalue weighted by Gasteiger charge is 2.17. The lowest BCUT2D eigenvalue weighted by atomic mass is 10.1. The van der Waals surface area contributed by atoms with Crippen molar-refractivity contribution < 1.29 is 0 Å². The molecule has 1 saturated heterocycles. The molecule has 0 spiro atoms. The molecule has 0 bridgehead atoms. The predicted molar refractivity (Wildman–Crippen MR) is 74.6 cm³/mol. The molecule has 2 nitrogen and oxygen atoms in total. The van der Waals surface area contributed by atoms with Crippen LogP contribution >= 0.6 is 0 Å². The predicted octanol–water partition coefficient (Wildman–Crippen LogP) is 2.85. The molecule has 2 heteroatoms. The molecule has 1 aliphatic rings. The van der Waals surface area contributed by atoms with E-state index in [9.17, 15) is 0 Å². The number of nitrogens with zero attached hydrogens (tertiary/aromatic N) is 2. The minimum absolute atomic E-state index is 0.832. The van der Waals surface area contributed by atoms with Gasteiger partial charge in [0.1, 0.15) is 0 Å². The number of hydrogen-bond donors (Lipinski definition) is 0. The van der Waals surface area contributed by atoms with Crippen molar-refractivity contribution in [3.63, 3.8) is 0 Å². The standard InChI is InChI=1S/C15H24N2/c1-3-14(2)13-16-9-11-17(12-10-16)15-7-5-4-6-8-15/h4-8,14H,3,9-13H2,1-2H3. The first kappa shape index (κ1) is 12.4. The third kappa shape index (κ3) is 3.47. The van der Waals surface area contributed by atoms with Crippen LogP contribution in [0.4, 0.5) is 5.69 Å². The molecule has 1 atom stereocenters. The van der Waals surface area contributed by atoms with Gasteiger partial charge in [0.2, 0.25) is 0 Å². The number of benzene rings is 1. The normalized spacial score (nSPS) is 19.3. The Labute approximate surface area is 105 Å². The van der Waals surface area contributed by atoms with E-state index in [-0.39, 0.29) is 0 Å². The van der Waals surface area contributed by atoms with Crippen molar-refractivity contribution in [1.82, 2.24) is 4.90 Å². The van der Waals surface area contributed by atoms with Gasteiger partial charge in [-0.15, -0.1) is 0 Å². The van der Waals surface area contributed by atoms with Gasteiger partial charge in [0.25, 0.3) is 0 Å². The highest BCUT2D eigenvalue weighted by atomic mass is 15.3. The van der Waals surface area contributed by atoms with E-state index in [2.05, 4.69) is 54.0 Å². The first-order valence-corrected chi connectivity index (χ1v) is 6.82. The van der Waals surface area contributed by atoms with Crippen LogP contribution < -0.4 is 4.90 Å². The summed E-state index contributed by atoms with van der Waals surface area (Å²) in [6.07, 6.45) is 1.29. The molecular formula is C15H24N2. The van der Waals surface area contributed by atoms with E-state index in [1.807, 2.05) is 0 Å². The van der Waals surface area contributed by atoms with Gasteiger partial charge in [0, 0.05) is 38.4 Å². The van der Waals surface area contributed by atoms with Crippen molar-refractivity contribution in [1.29, 1.82) is 0 Å². The molecule has 1 aromatic carbocycles. The molecule has 17 heavy (non-hydrogen) atoms. The van der Waals surface area contributed by atoms with Gasteiger partial charge >= 0.3 is 0 Å². The van der Waals surface area contributed by atoms with E-state index in [0.29, 0.717) is 0 Å². The van der Waals surface area contributed by atoms with Crippen LogP contribution in [0.3, 0.4) is 0 Å². The van der Waals surface area contributed by atoms with Crippen molar-refractivity contribution >= 4 is 5.69 Å². The Morgan fingerprint density at radius 3 is 2.29 bits per heavy atom. The van der Waals surface area contributed by atoms with Crippen LogP contribution in [0.25, 0.3) is 0 Å². The highest BCUT2D eigenvalue weighted by molar-refractivity contribution is 5.46. The van der Waals surface area contributed by atoms with Crippen LogP contribution in [0.1, 0.15) is 20.3 Å². The quantitative estimate of drug-likeness (QED) is 0.787. The molecule has 0 aliphatic carbocycles. The molecule has 0 saturated carbocycles. The summed E-state index contributed by atoms with van der Waals surface area (Å²) in [6.45, 7) is 10.6. The van der Waals surface area contributed by atoms with Gasteiger partial charge in [0.15, 0.2) is 0 Å². The SMILES string of the molecule is CCC(C)CN1CCN(c2ccccc2)CC1. The van der Waals surface area contributed by atoms with Gasteiger partial charge in [-0.25, -0.2) is 0 Å². The first-order valence-electron chi connectivity index (χ1n) is 6.82. The topological polar surface area (TPSA) is 6.48 Å². The van der Waals surface area contributed by atoms with Crippen LogP contribution in [0.15, 0.2) is 30.3 Å². The number of anilines is 1. The maximum Gasteiger partial charge on any atom is 0.0367 e. The third-order valence-corrected chi connectivity index (χ3v) is 3.76. The van der Waals surface area contributed by atoms with E-state index in [0.717, 1.165) is 5.92 Å². The fraction of sp³-hybridized carbons (Fsp3) is 0.600. The molecular weight excluding hydrogens is 208 g/mol. The van der Waals surface area contributed by atoms with Gasteiger partial charge < -0.3 is 4.90 Å². The number of piperazine rings is 1. The molecule has 0 amide bonds. The molecule has 0 radical (unpaired) electrons. The summed E-state index contributed by atoms with van der Waals surface area (Å²) in [5, 5.41) is 0. The van der Waals surface area contributed by atoms with Gasteiger partial charge in [-0.2, -0.15) is 0 Å². The summed E-state index contributed by atoms with van der Waals surface area (Å²) < 4.78 is 0. The van der Waals surface area contributed by atoms with E-state index in [1.165, 1.54) is 44.8 Å². The summed E-state index contributed by atoms with van der Waals surface area (Å²) in [5.41, 5.74) is 1.37. The van der Waals surface area contributed by atoms with Crippen LogP contribution in [0.2, 0.25) is 0 Å². The minimum atomic E-state index is 0.832. The molecule has 1 aromatic rings. The minimum Gasteiger partial charge on any atom is -0.369 e. The van der Waals surface area contributed by atoms with Gasteiger partial charge in [-0.1, -0.05) is 38.5 Å². The largest absolute Gasteiger partial charge is 0.369 e. The van der Waals surface area contributed by atoms with E-state index < -0.39 is 0 Å². The van der Waals surface area contributed by atoms with Crippen LogP contribution in [-0.2, 0) is 0 Å². The lowest BCUT2D eigenvalue weighted by Gasteiger charge is -2.37. The van der Waals surface area contributed by atoms with Gasteiger partial charge in [-0.05, 0) is 18.1 Å². The summed E-state index contributed by atoms with van der Waals surface area (Å²) in [5.74, 6) is 0.832. The molecule has 1 unspecified atom stereocenters. The van der Waals surface area contributed by atoms with Gasteiger partial charge in [-0.3, -0.25) is 4.90 Å². The van der Waals surface area contributed by atoms with Crippen molar-refractivity contribution in [3.8, 4) is 0 Å². The maximum absolute atomic E-state index is 2.60. The first-order chi connectivity index (χ1) is 8.29. The zero-order chi connectivity index (χ0) is 12.1. The zero-order valence-corrected chi connectivity index (χ0v) is 11.1. The molecule has 1 fully saturated rings. The van der Waals surface area contributed by atoms with Crippen LogP contribution in [0.5, 0.6) is 0 Å². The summed E-state index contributed by atoms with van der Waals surface area (Å²) in [6, 6.07) is 10.8. The molecule has 2 rings (SSSR count). The fourth-order valence-corrected chi connectivity index (χ4v) is 2.40. The second-order valence-electron chi connectivity index (χ2n) is 5.14. The molecule has 94 valence electrons. The Balaban J connectivity index is 1.82. The van der Waals surface area contributed by atoms with Crippen LogP contribution in [-0.4, -0.2) is 37.6 Å². The number of hydrogen-bond acceptors (Lipinski definition) is 2. The summed E-state index contributed by atoms with van der Waals surface area (Å²) in [7, 11) is 0. The second-order valence-corrected chi connectivity index (χ2v) is 5.14. The Kier molecular flexibility index (Phi) is 4.43. The fourth-order valence-electron chi connectivity index (χ4n) is 2.40. The van der Waals surface area contributed by atoms with Crippen molar-refractivity contribution in [3.05, 3.63) is 30.3 Å².